The van der Waals surface area contributed by atoms with Crippen molar-refractivity contribution in [2.24, 2.45) is 0 Å². The number of rotatable bonds is 6. The van der Waals surface area contributed by atoms with Gasteiger partial charge in [-0.15, -0.1) is 0 Å². The van der Waals surface area contributed by atoms with Crippen molar-refractivity contribution >= 4 is 29.1 Å². The summed E-state index contributed by atoms with van der Waals surface area (Å²) in [4.78, 5) is 33.2. The molecule has 3 heterocycles. The highest BCUT2D eigenvalue weighted by molar-refractivity contribution is 6.34. The van der Waals surface area contributed by atoms with Crippen LogP contribution in [-0.4, -0.2) is 114 Å². The fourth-order valence-electron chi connectivity index (χ4n) is 5.85. The summed E-state index contributed by atoms with van der Waals surface area (Å²) < 4.78 is 41.8. The van der Waals surface area contributed by atoms with Gasteiger partial charge in [0.15, 0.2) is 0 Å². The van der Waals surface area contributed by atoms with Gasteiger partial charge in [-0.1, -0.05) is 41.9 Å². The highest BCUT2D eigenvalue weighted by atomic mass is 35.5. The Morgan fingerprint density at radius 2 is 1.56 bits per heavy atom. The number of likely N-dealkylation sites (N-methyl/N-ethyl adjacent to an activating group) is 1. The number of alkyl halides is 3. The maximum atomic E-state index is 13.9. The summed E-state index contributed by atoms with van der Waals surface area (Å²) in [6.45, 7) is 4.78. The lowest BCUT2D eigenvalue weighted by Crippen LogP contribution is -2.62. The number of hydrogen-bond donors (Lipinski definition) is 2. The third-order valence-corrected chi connectivity index (χ3v) is 8.76. The molecule has 12 heteroatoms. The normalized spacial score (nSPS) is 21.3. The van der Waals surface area contributed by atoms with Crippen LogP contribution in [0.5, 0.6) is 0 Å². The number of amides is 2. The number of likely N-dealkylation sites (tertiary alicyclic amines) is 2. The first-order valence-corrected chi connectivity index (χ1v) is 14.3. The third-order valence-electron chi connectivity index (χ3n) is 8.45. The number of anilines is 1. The number of hydrogen-bond acceptors (Lipinski definition) is 6. The standard InChI is InChI=1S/C29H35ClF3N5O3/c1-35-13-15-36(16-14-35)26(39)24-8-7-21(17-25(24)30)34-22-18-38(19-22)23-9-11-37(12-10-23)27(40)28(41,29(31,32)33)20-5-3-2-4-6-20/h2-8,17,22-23,34,41H,9-16,18-19H2,1H3. The molecule has 2 aromatic rings. The van der Waals surface area contributed by atoms with Crippen LogP contribution >= 0.6 is 11.6 Å². The minimum atomic E-state index is -5.14. The molecule has 222 valence electrons. The van der Waals surface area contributed by atoms with Crippen molar-refractivity contribution in [3.05, 3.63) is 64.7 Å². The molecule has 8 nitrogen and oxygen atoms in total. The molecule has 0 spiro atoms. The fourth-order valence-corrected chi connectivity index (χ4v) is 6.11. The summed E-state index contributed by atoms with van der Waals surface area (Å²) in [5.74, 6) is -1.39. The van der Waals surface area contributed by atoms with Gasteiger partial charge < -0.3 is 25.1 Å². The minimum absolute atomic E-state index is 0.0632. The molecule has 2 N–H and O–H groups in total. The van der Waals surface area contributed by atoms with Crippen LogP contribution in [0.25, 0.3) is 0 Å². The summed E-state index contributed by atoms with van der Waals surface area (Å²) in [6.07, 6.45) is -4.09. The average Bonchev–Trinajstić information content (AvgIpc) is 2.94. The molecule has 0 radical (unpaired) electrons. The van der Waals surface area contributed by atoms with Crippen molar-refractivity contribution in [3.63, 3.8) is 0 Å². The first kappa shape index (κ1) is 29.6. The zero-order valence-corrected chi connectivity index (χ0v) is 23.7. The number of carbonyl (C=O) groups excluding carboxylic acids is 2. The lowest BCUT2D eigenvalue weighted by atomic mass is 9.89. The monoisotopic (exact) mass is 593 g/mol. The molecule has 1 unspecified atom stereocenters. The molecule has 0 bridgehead atoms. The lowest BCUT2D eigenvalue weighted by molar-refractivity contribution is -0.262. The second-order valence-corrected chi connectivity index (χ2v) is 11.6. The van der Waals surface area contributed by atoms with E-state index in [-0.39, 0.29) is 31.1 Å². The zero-order chi connectivity index (χ0) is 29.4. The van der Waals surface area contributed by atoms with E-state index in [4.69, 9.17) is 11.6 Å². The van der Waals surface area contributed by atoms with Gasteiger partial charge in [-0.3, -0.25) is 14.5 Å². The first-order chi connectivity index (χ1) is 19.5. The average molecular weight is 594 g/mol. The van der Waals surface area contributed by atoms with E-state index in [1.807, 2.05) is 18.0 Å². The van der Waals surface area contributed by atoms with Gasteiger partial charge in [-0.25, -0.2) is 0 Å². The zero-order valence-electron chi connectivity index (χ0n) is 22.9. The first-order valence-electron chi connectivity index (χ1n) is 13.9. The Hall–Kier alpha value is -2.86. The molecule has 3 aliphatic rings. The summed E-state index contributed by atoms with van der Waals surface area (Å²) in [5.41, 5.74) is -2.74. The van der Waals surface area contributed by atoms with Gasteiger partial charge in [0.05, 0.1) is 16.6 Å². The van der Waals surface area contributed by atoms with E-state index in [1.54, 1.807) is 12.1 Å². The molecule has 3 saturated heterocycles. The van der Waals surface area contributed by atoms with E-state index < -0.39 is 23.2 Å². The summed E-state index contributed by atoms with van der Waals surface area (Å²) in [7, 11) is 2.03. The Kier molecular flexibility index (Phi) is 8.52. The number of carbonyl (C=O) groups is 2. The highest BCUT2D eigenvalue weighted by Crippen LogP contribution is 2.41. The van der Waals surface area contributed by atoms with Crippen LogP contribution in [0.4, 0.5) is 18.9 Å². The molecular formula is C29H35ClF3N5O3. The van der Waals surface area contributed by atoms with Gasteiger partial charge in [0.2, 0.25) is 0 Å². The van der Waals surface area contributed by atoms with E-state index in [1.165, 1.54) is 18.2 Å². The molecule has 0 aliphatic carbocycles. The number of nitrogens with zero attached hydrogens (tertiary/aromatic N) is 4. The van der Waals surface area contributed by atoms with Crippen LogP contribution in [0.3, 0.4) is 0 Å². The maximum absolute atomic E-state index is 13.9. The Balaban J connectivity index is 1.11. The quantitative estimate of drug-likeness (QED) is 0.535. The molecule has 3 aliphatic heterocycles. The second-order valence-electron chi connectivity index (χ2n) is 11.2. The van der Waals surface area contributed by atoms with Crippen molar-refractivity contribution in [2.45, 2.75) is 36.7 Å². The van der Waals surface area contributed by atoms with Crippen LogP contribution in [0.1, 0.15) is 28.8 Å². The van der Waals surface area contributed by atoms with Gasteiger partial charge in [0.25, 0.3) is 17.4 Å². The number of halogens is 4. The second kappa shape index (κ2) is 11.8. The molecule has 3 fully saturated rings. The Morgan fingerprint density at radius 3 is 2.15 bits per heavy atom. The van der Waals surface area contributed by atoms with Gasteiger partial charge in [0, 0.05) is 69.7 Å². The minimum Gasteiger partial charge on any atom is -0.380 e. The molecule has 2 aromatic carbocycles. The molecule has 5 rings (SSSR count). The van der Waals surface area contributed by atoms with Crippen molar-refractivity contribution in [2.75, 3.05) is 64.7 Å². The molecule has 41 heavy (non-hydrogen) atoms. The van der Waals surface area contributed by atoms with Crippen molar-refractivity contribution in [3.8, 4) is 0 Å². The smallest absolute Gasteiger partial charge is 0.380 e. The Bertz CT molecular complexity index is 1240. The van der Waals surface area contributed by atoms with Crippen LogP contribution in [-0.2, 0) is 10.4 Å². The number of piperidine rings is 1. The van der Waals surface area contributed by atoms with E-state index in [2.05, 4.69) is 15.1 Å². The van der Waals surface area contributed by atoms with Crippen LogP contribution in [0, 0.1) is 0 Å². The third kappa shape index (κ3) is 6.04. The van der Waals surface area contributed by atoms with E-state index in [0.29, 0.717) is 36.5 Å². The molecule has 0 aromatic heterocycles. The van der Waals surface area contributed by atoms with Crippen molar-refractivity contribution in [1.82, 2.24) is 19.6 Å². The van der Waals surface area contributed by atoms with E-state index in [9.17, 15) is 27.9 Å². The predicted molar refractivity (Wildman–Crippen MR) is 150 cm³/mol. The largest absolute Gasteiger partial charge is 0.430 e. The van der Waals surface area contributed by atoms with Crippen LogP contribution in [0.15, 0.2) is 48.5 Å². The highest BCUT2D eigenvalue weighted by Gasteiger charge is 2.62. The van der Waals surface area contributed by atoms with Crippen LogP contribution < -0.4 is 5.32 Å². The van der Waals surface area contributed by atoms with Gasteiger partial charge in [-0.05, 0) is 38.1 Å². The molecular weight excluding hydrogens is 559 g/mol. The number of aliphatic hydroxyl groups is 1. The van der Waals surface area contributed by atoms with Crippen LogP contribution in [0.2, 0.25) is 5.02 Å². The van der Waals surface area contributed by atoms with Crippen molar-refractivity contribution in [1.29, 1.82) is 0 Å². The predicted octanol–water partition coefficient (Wildman–Crippen LogP) is 3.26. The molecule has 0 saturated carbocycles. The van der Waals surface area contributed by atoms with E-state index in [0.717, 1.165) is 48.9 Å². The molecule has 2 amide bonds. The lowest BCUT2D eigenvalue weighted by Gasteiger charge is -2.48. The number of nitrogens with one attached hydrogen (secondary N) is 1. The molecule has 1 atom stereocenters. The Morgan fingerprint density at radius 1 is 0.927 bits per heavy atom. The summed E-state index contributed by atoms with van der Waals surface area (Å²) in [5, 5.41) is 14.5. The van der Waals surface area contributed by atoms with E-state index >= 15 is 0 Å². The SMILES string of the molecule is CN1CCN(C(=O)c2ccc(NC3CN(C4CCN(C(=O)C(O)(c5ccccc5)C(F)(F)F)CC4)C3)cc2Cl)CC1. The number of piperazine rings is 1. The Labute approximate surface area is 242 Å². The van der Waals surface area contributed by atoms with Gasteiger partial charge >= 0.3 is 6.18 Å². The number of benzene rings is 2. The topological polar surface area (TPSA) is 79.4 Å². The fraction of sp³-hybridized carbons (Fsp3) is 0.517. The maximum Gasteiger partial charge on any atom is 0.430 e. The van der Waals surface area contributed by atoms with Crippen molar-refractivity contribution < 1.29 is 27.9 Å². The summed E-state index contributed by atoms with van der Waals surface area (Å²) >= 11 is 6.48. The van der Waals surface area contributed by atoms with Gasteiger partial charge in [-0.2, -0.15) is 13.2 Å². The van der Waals surface area contributed by atoms with Gasteiger partial charge in [0.1, 0.15) is 0 Å². The summed E-state index contributed by atoms with van der Waals surface area (Å²) in [6, 6.07) is 12.2.